The quantitative estimate of drug-likeness (QED) is 0.848. The van der Waals surface area contributed by atoms with Crippen LogP contribution in [0.5, 0.6) is 0 Å². The molecule has 5 heteroatoms. The van der Waals surface area contributed by atoms with Crippen LogP contribution in [0, 0.1) is 5.82 Å². The Hall–Kier alpha value is -1.13. The van der Waals surface area contributed by atoms with Crippen molar-refractivity contribution < 1.29 is 9.18 Å². The number of hydrogen-bond donors (Lipinski definition) is 2. The van der Waals surface area contributed by atoms with Crippen molar-refractivity contribution in [3.05, 3.63) is 35.6 Å². The van der Waals surface area contributed by atoms with Gasteiger partial charge in [0.05, 0.1) is 0 Å². The van der Waals surface area contributed by atoms with Crippen LogP contribution < -0.4 is 10.6 Å². The predicted molar refractivity (Wildman–Crippen MR) is 67.0 cm³/mol. The Morgan fingerprint density at radius 1 is 1.35 bits per heavy atom. The minimum atomic E-state index is -0.323. The van der Waals surface area contributed by atoms with Gasteiger partial charge in [-0.3, -0.25) is 4.79 Å². The fraction of sp³-hybridized carbons (Fsp3) is 0.417. The van der Waals surface area contributed by atoms with Crippen LogP contribution in [0.1, 0.15) is 23.2 Å². The number of hydrogen-bond acceptors (Lipinski definition) is 2. The van der Waals surface area contributed by atoms with Crippen molar-refractivity contribution in [2.24, 2.45) is 0 Å². The van der Waals surface area contributed by atoms with E-state index in [0.717, 1.165) is 25.9 Å². The number of halogens is 2. The molecule has 1 aromatic carbocycles. The van der Waals surface area contributed by atoms with E-state index in [9.17, 15) is 9.18 Å². The number of carbonyl (C=O) groups excluding carboxylic acids is 1. The van der Waals surface area contributed by atoms with E-state index in [0.29, 0.717) is 5.56 Å². The van der Waals surface area contributed by atoms with Crippen LogP contribution in [0.15, 0.2) is 24.3 Å². The Labute approximate surface area is 106 Å². The van der Waals surface area contributed by atoms with Gasteiger partial charge >= 0.3 is 0 Å². The standard InChI is InChI=1S/C12H15FN2O.ClH/c13-10-5-3-9(4-6-10)12(16)15-11-2-1-7-14-8-11;/h3-6,11,14H,1-2,7-8H2,(H,15,16);1H/t11-;/m1./s1. The van der Waals surface area contributed by atoms with Crippen molar-refractivity contribution in [1.29, 1.82) is 0 Å². The Bertz CT molecular complexity index is 363. The summed E-state index contributed by atoms with van der Waals surface area (Å²) < 4.78 is 12.7. The highest BCUT2D eigenvalue weighted by Crippen LogP contribution is 2.05. The second kappa shape index (κ2) is 6.57. The van der Waals surface area contributed by atoms with Gasteiger partial charge < -0.3 is 10.6 Å². The number of rotatable bonds is 2. The van der Waals surface area contributed by atoms with Crippen LogP contribution >= 0.6 is 12.4 Å². The normalized spacial score (nSPS) is 19.2. The van der Waals surface area contributed by atoms with Gasteiger partial charge in [0.1, 0.15) is 5.82 Å². The summed E-state index contributed by atoms with van der Waals surface area (Å²) >= 11 is 0. The van der Waals surface area contributed by atoms with E-state index in [4.69, 9.17) is 0 Å². The molecule has 94 valence electrons. The van der Waals surface area contributed by atoms with Gasteiger partial charge in [0.25, 0.3) is 5.91 Å². The molecule has 1 saturated heterocycles. The van der Waals surface area contributed by atoms with Crippen molar-refractivity contribution >= 4 is 18.3 Å². The van der Waals surface area contributed by atoms with E-state index in [1.165, 1.54) is 24.3 Å². The summed E-state index contributed by atoms with van der Waals surface area (Å²) in [6, 6.07) is 5.79. The van der Waals surface area contributed by atoms with Gasteiger partial charge in [0, 0.05) is 18.2 Å². The molecule has 0 unspecified atom stereocenters. The minimum Gasteiger partial charge on any atom is -0.348 e. The van der Waals surface area contributed by atoms with Gasteiger partial charge in [0.15, 0.2) is 0 Å². The molecule has 17 heavy (non-hydrogen) atoms. The maximum absolute atomic E-state index is 12.7. The third kappa shape index (κ3) is 3.98. The molecule has 1 aliphatic rings. The zero-order valence-corrected chi connectivity index (χ0v) is 10.2. The van der Waals surface area contributed by atoms with Crippen LogP contribution in [-0.2, 0) is 0 Å². The van der Waals surface area contributed by atoms with Crippen molar-refractivity contribution in [1.82, 2.24) is 10.6 Å². The molecule has 2 rings (SSSR count). The van der Waals surface area contributed by atoms with E-state index >= 15 is 0 Å². The number of piperidine rings is 1. The first-order valence-corrected chi connectivity index (χ1v) is 5.53. The summed E-state index contributed by atoms with van der Waals surface area (Å²) in [5, 5.41) is 6.16. The second-order valence-corrected chi connectivity index (χ2v) is 4.02. The molecule has 0 spiro atoms. The van der Waals surface area contributed by atoms with Crippen LogP contribution in [-0.4, -0.2) is 25.0 Å². The van der Waals surface area contributed by atoms with Gasteiger partial charge in [-0.1, -0.05) is 0 Å². The maximum Gasteiger partial charge on any atom is 0.251 e. The summed E-state index contributed by atoms with van der Waals surface area (Å²) in [4.78, 5) is 11.8. The lowest BCUT2D eigenvalue weighted by Crippen LogP contribution is -2.45. The molecule has 1 aromatic rings. The van der Waals surface area contributed by atoms with Crippen molar-refractivity contribution in [2.45, 2.75) is 18.9 Å². The van der Waals surface area contributed by atoms with Gasteiger partial charge in [-0.25, -0.2) is 4.39 Å². The molecular weight excluding hydrogens is 243 g/mol. The average Bonchev–Trinajstić information content (AvgIpc) is 2.31. The Balaban J connectivity index is 0.00000144. The lowest BCUT2D eigenvalue weighted by atomic mass is 10.1. The van der Waals surface area contributed by atoms with E-state index in [1.807, 2.05) is 0 Å². The molecule has 0 radical (unpaired) electrons. The molecule has 1 aliphatic heterocycles. The molecule has 0 saturated carbocycles. The number of nitrogens with one attached hydrogen (secondary N) is 2. The lowest BCUT2D eigenvalue weighted by molar-refractivity contribution is 0.0930. The largest absolute Gasteiger partial charge is 0.348 e. The van der Waals surface area contributed by atoms with E-state index in [2.05, 4.69) is 10.6 Å². The zero-order chi connectivity index (χ0) is 11.4. The third-order valence-electron chi connectivity index (χ3n) is 2.74. The van der Waals surface area contributed by atoms with E-state index in [1.54, 1.807) is 0 Å². The average molecular weight is 259 g/mol. The summed E-state index contributed by atoms with van der Waals surface area (Å²) in [7, 11) is 0. The maximum atomic E-state index is 12.7. The highest BCUT2D eigenvalue weighted by molar-refractivity contribution is 5.94. The predicted octanol–water partition coefficient (Wildman–Crippen LogP) is 1.73. The second-order valence-electron chi connectivity index (χ2n) is 4.02. The molecule has 1 atom stereocenters. The molecule has 2 N–H and O–H groups in total. The molecule has 0 aromatic heterocycles. The monoisotopic (exact) mass is 258 g/mol. The van der Waals surface area contributed by atoms with Gasteiger partial charge in [-0.2, -0.15) is 0 Å². The van der Waals surface area contributed by atoms with Crippen molar-refractivity contribution in [3.63, 3.8) is 0 Å². The molecule has 1 fully saturated rings. The smallest absolute Gasteiger partial charge is 0.251 e. The van der Waals surface area contributed by atoms with Crippen molar-refractivity contribution in [3.8, 4) is 0 Å². The third-order valence-corrected chi connectivity index (χ3v) is 2.74. The van der Waals surface area contributed by atoms with Crippen molar-refractivity contribution in [2.75, 3.05) is 13.1 Å². The molecule has 0 aliphatic carbocycles. The lowest BCUT2D eigenvalue weighted by Gasteiger charge is -2.23. The molecular formula is C12H16ClFN2O. The van der Waals surface area contributed by atoms with Crippen LogP contribution in [0.3, 0.4) is 0 Å². The van der Waals surface area contributed by atoms with E-state index in [-0.39, 0.29) is 30.2 Å². The van der Waals surface area contributed by atoms with E-state index < -0.39 is 0 Å². The topological polar surface area (TPSA) is 41.1 Å². The Morgan fingerprint density at radius 3 is 2.65 bits per heavy atom. The summed E-state index contributed by atoms with van der Waals surface area (Å²) in [6.07, 6.45) is 2.08. The fourth-order valence-corrected chi connectivity index (χ4v) is 1.85. The van der Waals surface area contributed by atoms with Gasteiger partial charge in [0.2, 0.25) is 0 Å². The summed E-state index contributed by atoms with van der Waals surface area (Å²) in [6.45, 7) is 1.83. The van der Waals surface area contributed by atoms with Gasteiger partial charge in [-0.15, -0.1) is 12.4 Å². The van der Waals surface area contributed by atoms with Gasteiger partial charge in [-0.05, 0) is 43.7 Å². The highest BCUT2D eigenvalue weighted by atomic mass is 35.5. The minimum absolute atomic E-state index is 0. The zero-order valence-electron chi connectivity index (χ0n) is 9.41. The van der Waals surface area contributed by atoms with Crippen LogP contribution in [0.25, 0.3) is 0 Å². The first-order valence-electron chi connectivity index (χ1n) is 5.53. The number of carbonyl (C=O) groups is 1. The van der Waals surface area contributed by atoms with Crippen LogP contribution in [0.2, 0.25) is 0 Å². The number of amides is 1. The summed E-state index contributed by atoms with van der Waals surface area (Å²) in [5.74, 6) is -0.454. The van der Waals surface area contributed by atoms with Crippen LogP contribution in [0.4, 0.5) is 4.39 Å². The first kappa shape index (κ1) is 13.9. The molecule has 1 heterocycles. The molecule has 0 bridgehead atoms. The SMILES string of the molecule is Cl.O=C(N[C@@H]1CCCNC1)c1ccc(F)cc1. The first-order chi connectivity index (χ1) is 7.75. The fourth-order valence-electron chi connectivity index (χ4n) is 1.85. The highest BCUT2D eigenvalue weighted by Gasteiger charge is 2.15. The molecule has 3 nitrogen and oxygen atoms in total. The molecule has 1 amide bonds. The summed E-state index contributed by atoms with van der Waals surface area (Å²) in [5.41, 5.74) is 0.506. The Kier molecular flexibility index (Phi) is 5.38. The number of benzene rings is 1. The Morgan fingerprint density at radius 2 is 2.06 bits per heavy atom.